The number of methoxy groups -OCH3 is 1. The fourth-order valence-corrected chi connectivity index (χ4v) is 3.07. The Morgan fingerprint density at radius 3 is 2.68 bits per heavy atom. The molecule has 4 rings (SSSR count). The van der Waals surface area contributed by atoms with Crippen molar-refractivity contribution in [3.8, 4) is 5.75 Å². The molecule has 0 unspecified atom stereocenters. The molecule has 4 heterocycles. The number of anilines is 2. The zero-order valence-corrected chi connectivity index (χ0v) is 16.6. The lowest BCUT2D eigenvalue weighted by atomic mass is 10.2. The number of nitrogens with zero attached hydrogens (tertiary/aromatic N) is 5. The molecule has 0 spiro atoms. The summed E-state index contributed by atoms with van der Waals surface area (Å²) >= 11 is 0. The summed E-state index contributed by atoms with van der Waals surface area (Å²) in [4.78, 5) is 24.3. The van der Waals surface area contributed by atoms with E-state index in [0.717, 1.165) is 17.5 Å². The number of amides is 1. The summed E-state index contributed by atoms with van der Waals surface area (Å²) in [5.41, 5.74) is 1.45. The molecule has 0 radical (unpaired) electrons. The zero-order valence-electron chi connectivity index (χ0n) is 16.6. The summed E-state index contributed by atoms with van der Waals surface area (Å²) in [6.45, 7) is 0.144. The summed E-state index contributed by atoms with van der Waals surface area (Å²) in [6.07, 6.45) is 1.67. The number of aromatic nitrogens is 5. The van der Waals surface area contributed by atoms with Crippen LogP contribution in [0.5, 0.6) is 5.75 Å². The van der Waals surface area contributed by atoms with Gasteiger partial charge in [0.05, 0.1) is 19.3 Å². The van der Waals surface area contributed by atoms with Crippen LogP contribution in [0, 0.1) is 11.9 Å². The van der Waals surface area contributed by atoms with Crippen LogP contribution >= 0.6 is 0 Å². The number of fused-ring (bicyclic) bond motifs is 1. The van der Waals surface area contributed by atoms with Gasteiger partial charge in [-0.25, -0.2) is 9.97 Å². The molecule has 0 aromatic carbocycles. The van der Waals surface area contributed by atoms with E-state index < -0.39 is 17.8 Å². The normalized spacial score (nSPS) is 10.8. The van der Waals surface area contributed by atoms with E-state index in [4.69, 9.17) is 4.74 Å². The number of rotatable bonds is 6. The predicted octanol–water partition coefficient (Wildman–Crippen LogP) is 2.72. The molecule has 2 N–H and O–H groups in total. The van der Waals surface area contributed by atoms with Gasteiger partial charge in [0.25, 0.3) is 5.91 Å². The molecular weight excluding hydrogens is 408 g/mol. The maximum atomic E-state index is 13.3. The average Bonchev–Trinajstić information content (AvgIpc) is 3.07. The minimum absolute atomic E-state index is 0.000798. The van der Waals surface area contributed by atoms with Crippen molar-refractivity contribution in [2.24, 2.45) is 7.05 Å². The average molecular weight is 425 g/mol. The monoisotopic (exact) mass is 425 g/mol. The maximum absolute atomic E-state index is 13.3. The first kappa shape index (κ1) is 20.1. The lowest BCUT2D eigenvalue weighted by Crippen LogP contribution is -2.25. The van der Waals surface area contributed by atoms with E-state index in [1.54, 1.807) is 24.0 Å². The largest absolute Gasteiger partial charge is 0.494 e. The molecular formula is C20H17F2N7O2. The van der Waals surface area contributed by atoms with E-state index in [2.05, 4.69) is 30.7 Å². The first-order valence-electron chi connectivity index (χ1n) is 9.14. The fourth-order valence-electron chi connectivity index (χ4n) is 3.07. The number of pyridine rings is 3. The molecule has 0 bridgehead atoms. The minimum atomic E-state index is -0.981. The number of halogens is 2. The van der Waals surface area contributed by atoms with E-state index in [9.17, 15) is 13.6 Å². The molecule has 158 valence electrons. The highest BCUT2D eigenvalue weighted by molar-refractivity contribution is 5.95. The first-order chi connectivity index (χ1) is 14.9. The van der Waals surface area contributed by atoms with Crippen LogP contribution in [0.1, 0.15) is 16.2 Å². The molecule has 31 heavy (non-hydrogen) atoms. The second kappa shape index (κ2) is 8.30. The van der Waals surface area contributed by atoms with Crippen molar-refractivity contribution >= 4 is 28.4 Å². The van der Waals surface area contributed by atoms with E-state index >= 15 is 0 Å². The number of hydrogen-bond acceptors (Lipinski definition) is 7. The highest BCUT2D eigenvalue weighted by Gasteiger charge is 2.17. The van der Waals surface area contributed by atoms with Gasteiger partial charge in [-0.2, -0.15) is 18.9 Å². The molecule has 0 aliphatic heterocycles. The van der Waals surface area contributed by atoms with Crippen LogP contribution < -0.4 is 15.4 Å². The van der Waals surface area contributed by atoms with Gasteiger partial charge in [0, 0.05) is 36.5 Å². The van der Waals surface area contributed by atoms with Crippen LogP contribution in [0.4, 0.5) is 20.3 Å². The molecule has 4 aromatic rings. The third-order valence-corrected chi connectivity index (χ3v) is 4.42. The van der Waals surface area contributed by atoms with Crippen molar-refractivity contribution in [3.63, 3.8) is 0 Å². The number of hydrogen-bond donors (Lipinski definition) is 2. The Morgan fingerprint density at radius 2 is 1.94 bits per heavy atom. The smallest absolute Gasteiger partial charge is 0.274 e. The Balaban J connectivity index is 1.55. The molecule has 0 saturated carbocycles. The molecule has 1 amide bonds. The van der Waals surface area contributed by atoms with E-state index in [0.29, 0.717) is 11.3 Å². The number of carbonyl (C=O) groups is 1. The van der Waals surface area contributed by atoms with Gasteiger partial charge in [0.1, 0.15) is 11.6 Å². The van der Waals surface area contributed by atoms with Gasteiger partial charge in [-0.05, 0) is 24.3 Å². The van der Waals surface area contributed by atoms with E-state index in [1.807, 2.05) is 6.07 Å². The Hall–Kier alpha value is -4.15. The first-order valence-corrected chi connectivity index (χ1v) is 9.14. The van der Waals surface area contributed by atoms with E-state index in [-0.39, 0.29) is 29.5 Å². The van der Waals surface area contributed by atoms with Gasteiger partial charge in [-0.15, -0.1) is 0 Å². The van der Waals surface area contributed by atoms with Crippen LogP contribution in [0.2, 0.25) is 0 Å². The van der Waals surface area contributed by atoms with Crippen molar-refractivity contribution < 1.29 is 18.3 Å². The maximum Gasteiger partial charge on any atom is 0.274 e. The van der Waals surface area contributed by atoms with Crippen LogP contribution in [0.3, 0.4) is 0 Å². The molecule has 4 aromatic heterocycles. The van der Waals surface area contributed by atoms with Crippen LogP contribution in [-0.2, 0) is 13.6 Å². The molecule has 0 fully saturated rings. The molecule has 0 atom stereocenters. The third-order valence-electron chi connectivity index (χ3n) is 4.42. The zero-order chi connectivity index (χ0) is 22.0. The topological polar surface area (TPSA) is 107 Å². The van der Waals surface area contributed by atoms with Crippen molar-refractivity contribution in [2.75, 3.05) is 12.4 Å². The van der Waals surface area contributed by atoms with Crippen molar-refractivity contribution in [1.29, 1.82) is 0 Å². The van der Waals surface area contributed by atoms with Gasteiger partial charge < -0.3 is 15.4 Å². The summed E-state index contributed by atoms with van der Waals surface area (Å²) in [5.74, 6) is -2.03. The minimum Gasteiger partial charge on any atom is -0.494 e. The highest BCUT2D eigenvalue weighted by Crippen LogP contribution is 2.22. The summed E-state index contributed by atoms with van der Waals surface area (Å²) < 4.78 is 33.5. The van der Waals surface area contributed by atoms with Crippen molar-refractivity contribution in [2.45, 2.75) is 6.54 Å². The predicted molar refractivity (Wildman–Crippen MR) is 108 cm³/mol. The van der Waals surface area contributed by atoms with Crippen molar-refractivity contribution in [1.82, 2.24) is 30.0 Å². The number of nitrogens with one attached hydrogen (secondary N) is 2. The second-order valence-corrected chi connectivity index (χ2v) is 6.50. The third kappa shape index (κ3) is 4.25. The van der Waals surface area contributed by atoms with Gasteiger partial charge >= 0.3 is 0 Å². The van der Waals surface area contributed by atoms with E-state index in [1.165, 1.54) is 19.2 Å². The molecule has 0 aliphatic carbocycles. The molecule has 0 aliphatic rings. The summed E-state index contributed by atoms with van der Waals surface area (Å²) in [5, 5.41) is 10.7. The van der Waals surface area contributed by atoms with Crippen LogP contribution in [0.15, 0.2) is 42.6 Å². The highest BCUT2D eigenvalue weighted by atomic mass is 19.1. The van der Waals surface area contributed by atoms with Crippen LogP contribution in [-0.4, -0.2) is 37.7 Å². The molecule has 11 heteroatoms. The Kier molecular flexibility index (Phi) is 5.39. The van der Waals surface area contributed by atoms with Gasteiger partial charge in [0.15, 0.2) is 11.3 Å². The van der Waals surface area contributed by atoms with Gasteiger partial charge in [0.2, 0.25) is 11.9 Å². The lowest BCUT2D eigenvalue weighted by molar-refractivity contribution is 0.0942. The summed E-state index contributed by atoms with van der Waals surface area (Å²) in [6, 6.07) is 8.72. The second-order valence-electron chi connectivity index (χ2n) is 6.50. The molecule has 0 saturated heterocycles. The Morgan fingerprint density at radius 1 is 1.16 bits per heavy atom. The van der Waals surface area contributed by atoms with Gasteiger partial charge in [-0.3, -0.25) is 9.48 Å². The standard InChI is InChI=1S/C20H17F2N7O2/c1-29-19-12(4-3-7-23-19)13(28-29)10-24-20(30)18-14(31-2)5-6-17(27-18)25-11-8-15(21)26-16(22)9-11/h3-9H,10H2,1-2H3,(H,24,30)(H,25,26,27). The summed E-state index contributed by atoms with van der Waals surface area (Å²) in [7, 11) is 3.18. The number of aryl methyl sites for hydroxylation is 1. The van der Waals surface area contributed by atoms with Crippen molar-refractivity contribution in [3.05, 3.63) is 65.9 Å². The quantitative estimate of drug-likeness (QED) is 0.458. The number of ether oxygens (including phenoxy) is 1. The SMILES string of the molecule is COc1ccc(Nc2cc(F)nc(F)c2)nc1C(=O)NCc1nn(C)c2ncccc12. The van der Waals surface area contributed by atoms with Gasteiger partial charge in [-0.1, -0.05) is 0 Å². The number of carbonyl (C=O) groups excluding carboxylic acids is 1. The molecule has 9 nitrogen and oxygen atoms in total. The fraction of sp³-hybridized carbons (Fsp3) is 0.150. The Labute approximate surface area is 175 Å². The van der Waals surface area contributed by atoms with Crippen LogP contribution in [0.25, 0.3) is 11.0 Å². The lowest BCUT2D eigenvalue weighted by Gasteiger charge is -2.11. The Bertz CT molecular complexity index is 1260.